The molecule has 1 aromatic heterocycles. The van der Waals surface area contributed by atoms with Crippen molar-refractivity contribution < 1.29 is 31.9 Å². The molecule has 1 unspecified atom stereocenters. The molecule has 0 aliphatic carbocycles. The summed E-state index contributed by atoms with van der Waals surface area (Å²) in [6, 6.07) is 14.5. The average molecular weight is 567 g/mol. The summed E-state index contributed by atoms with van der Waals surface area (Å²) in [5.74, 6) is -1.45. The predicted molar refractivity (Wildman–Crippen MR) is 144 cm³/mol. The molecule has 1 aliphatic heterocycles. The smallest absolute Gasteiger partial charge is 0.416 e. The Bertz CT molecular complexity index is 1640. The topological polar surface area (TPSA) is 87.3 Å². The van der Waals surface area contributed by atoms with Gasteiger partial charge in [0.25, 0.3) is 0 Å². The van der Waals surface area contributed by atoms with Gasteiger partial charge in [0, 0.05) is 29.5 Å². The van der Waals surface area contributed by atoms with Crippen LogP contribution in [0.5, 0.6) is 5.75 Å². The second-order valence-corrected chi connectivity index (χ2v) is 9.83. The van der Waals surface area contributed by atoms with Gasteiger partial charge in [-0.2, -0.15) is 18.3 Å². The van der Waals surface area contributed by atoms with Crippen LogP contribution < -0.4 is 10.1 Å². The van der Waals surface area contributed by atoms with Crippen molar-refractivity contribution in [3.8, 4) is 5.75 Å². The highest BCUT2D eigenvalue weighted by Crippen LogP contribution is 2.40. The zero-order valence-corrected chi connectivity index (χ0v) is 22.2. The van der Waals surface area contributed by atoms with Crippen molar-refractivity contribution in [3.63, 3.8) is 0 Å². The number of hydrogen-bond acceptors (Lipinski definition) is 4. The van der Waals surface area contributed by atoms with Gasteiger partial charge in [-0.3, -0.25) is 14.7 Å². The molecule has 0 saturated carbocycles. The molecule has 3 aromatic carbocycles. The van der Waals surface area contributed by atoms with Crippen LogP contribution in [0.3, 0.4) is 0 Å². The molecule has 0 saturated heterocycles. The van der Waals surface area contributed by atoms with Crippen molar-refractivity contribution in [2.24, 2.45) is 0 Å². The Balaban J connectivity index is 1.48. The molecule has 2 amide bonds. The minimum Gasteiger partial charge on any atom is -0.497 e. The summed E-state index contributed by atoms with van der Waals surface area (Å²) in [5, 5.41) is 9.72. The van der Waals surface area contributed by atoms with Crippen molar-refractivity contribution >= 4 is 28.4 Å². The molecule has 2 heterocycles. The Morgan fingerprint density at radius 2 is 1.90 bits per heavy atom. The lowest BCUT2D eigenvalue weighted by Gasteiger charge is -2.35. The van der Waals surface area contributed by atoms with E-state index >= 15 is 0 Å². The molecule has 2 N–H and O–H groups in total. The first-order valence-electron chi connectivity index (χ1n) is 12.8. The zero-order valence-electron chi connectivity index (χ0n) is 22.2. The van der Waals surface area contributed by atoms with Gasteiger partial charge in [0.2, 0.25) is 11.8 Å². The minimum atomic E-state index is -4.51. The molecule has 0 fully saturated rings. The van der Waals surface area contributed by atoms with Gasteiger partial charge in [-0.1, -0.05) is 24.3 Å². The Morgan fingerprint density at radius 1 is 1.15 bits per heavy atom. The summed E-state index contributed by atoms with van der Waals surface area (Å²) in [6.45, 7) is 1.91. The summed E-state index contributed by atoms with van der Waals surface area (Å²) in [4.78, 5) is 28.2. The number of benzene rings is 3. The average Bonchev–Trinajstić information content (AvgIpc) is 3.39. The molecular formula is C30H26F4N4O3. The lowest BCUT2D eigenvalue weighted by atomic mass is 9.81. The van der Waals surface area contributed by atoms with Crippen molar-refractivity contribution in [1.29, 1.82) is 0 Å². The zero-order chi connectivity index (χ0) is 29.3. The number of H-pyrrole nitrogens is 1. The Kier molecular flexibility index (Phi) is 7.53. The van der Waals surface area contributed by atoms with Gasteiger partial charge in [-0.25, -0.2) is 4.39 Å². The van der Waals surface area contributed by atoms with Gasteiger partial charge in [0.05, 0.1) is 43.0 Å². The number of alkyl halides is 3. The number of aromatic amines is 1. The van der Waals surface area contributed by atoms with Gasteiger partial charge in [-0.15, -0.1) is 0 Å². The molecule has 212 valence electrons. The van der Waals surface area contributed by atoms with Gasteiger partial charge >= 0.3 is 6.18 Å². The Morgan fingerprint density at radius 3 is 2.61 bits per heavy atom. The van der Waals surface area contributed by atoms with Gasteiger partial charge < -0.3 is 15.0 Å². The number of carbonyl (C=O) groups is 2. The molecule has 11 heteroatoms. The molecule has 5 rings (SSSR count). The Labute approximate surface area is 232 Å². The largest absolute Gasteiger partial charge is 0.497 e. The number of hydrogen-bond donors (Lipinski definition) is 2. The van der Waals surface area contributed by atoms with E-state index in [4.69, 9.17) is 4.74 Å². The van der Waals surface area contributed by atoms with E-state index < -0.39 is 29.4 Å². The highest BCUT2D eigenvalue weighted by molar-refractivity contribution is 5.95. The number of halogens is 4. The number of fused-ring (bicyclic) bond motifs is 1. The number of amides is 2. The number of aromatic nitrogens is 2. The Hall–Kier alpha value is -4.67. The van der Waals surface area contributed by atoms with E-state index in [-0.39, 0.29) is 31.0 Å². The molecule has 0 bridgehead atoms. The summed E-state index contributed by atoms with van der Waals surface area (Å²) < 4.78 is 59.5. The number of rotatable bonds is 7. The van der Waals surface area contributed by atoms with Crippen molar-refractivity contribution in [2.45, 2.75) is 38.4 Å². The van der Waals surface area contributed by atoms with Gasteiger partial charge in [0.1, 0.15) is 11.6 Å². The van der Waals surface area contributed by atoms with Gasteiger partial charge in [-0.05, 0) is 54.0 Å². The quantitative estimate of drug-likeness (QED) is 0.249. The minimum absolute atomic E-state index is 0.0339. The maximum atomic E-state index is 14.7. The normalized spacial score (nSPS) is 15.9. The number of nitrogens with zero attached hydrogens (tertiary/aromatic N) is 2. The SMILES string of the molecule is COc1cccc(CN2C(=O)CC(c3ccc(C(F)(F)F)cc3)C(CC(=O)Nc3cc4cn[nH]c4cc3F)=C2C)c1. The maximum Gasteiger partial charge on any atom is 0.416 e. The molecule has 1 aliphatic rings. The summed E-state index contributed by atoms with van der Waals surface area (Å²) in [5.41, 5.74) is 1.95. The van der Waals surface area contributed by atoms with E-state index in [1.54, 1.807) is 30.0 Å². The maximum absolute atomic E-state index is 14.7. The predicted octanol–water partition coefficient (Wildman–Crippen LogP) is 6.55. The van der Waals surface area contributed by atoms with Crippen LogP contribution >= 0.6 is 0 Å². The van der Waals surface area contributed by atoms with Crippen molar-refractivity contribution in [2.75, 3.05) is 12.4 Å². The van der Waals surface area contributed by atoms with E-state index in [9.17, 15) is 27.2 Å². The first kappa shape index (κ1) is 27.9. The summed E-state index contributed by atoms with van der Waals surface area (Å²) in [7, 11) is 1.54. The van der Waals surface area contributed by atoms with Crippen molar-refractivity contribution in [1.82, 2.24) is 15.1 Å². The third kappa shape index (κ3) is 5.93. The lowest BCUT2D eigenvalue weighted by Crippen LogP contribution is -2.36. The molecule has 0 spiro atoms. The van der Waals surface area contributed by atoms with Crippen LogP contribution in [0.15, 0.2) is 78.1 Å². The third-order valence-electron chi connectivity index (χ3n) is 7.24. The van der Waals surface area contributed by atoms with Gasteiger partial charge in [0.15, 0.2) is 0 Å². The number of nitrogens with one attached hydrogen (secondary N) is 2. The van der Waals surface area contributed by atoms with Crippen LogP contribution in [-0.4, -0.2) is 34.0 Å². The fraction of sp³-hybridized carbons (Fsp3) is 0.233. The number of ether oxygens (including phenoxy) is 1. The summed E-state index contributed by atoms with van der Waals surface area (Å²) in [6.07, 6.45) is -3.27. The molecule has 41 heavy (non-hydrogen) atoms. The monoisotopic (exact) mass is 566 g/mol. The molecular weight excluding hydrogens is 540 g/mol. The first-order chi connectivity index (χ1) is 19.5. The van der Waals surface area contributed by atoms with Crippen LogP contribution in [0, 0.1) is 5.82 Å². The fourth-order valence-electron chi connectivity index (χ4n) is 5.08. The second kappa shape index (κ2) is 11.1. The van der Waals surface area contributed by atoms with Crippen LogP contribution in [0.2, 0.25) is 0 Å². The standard InChI is InChI=1S/C30H26F4N4O3/c1-17-23(12-28(39)36-27-11-20-15-35-37-26(20)14-25(27)31)24(19-6-8-21(9-7-19)30(32,33)34)13-29(40)38(17)16-18-4-3-5-22(10-18)41-2/h3-11,14-15,24H,12-13,16H2,1-2H3,(H,35,37)(H,36,39). The number of allylic oxidation sites excluding steroid dienone is 1. The van der Waals surface area contributed by atoms with Crippen LogP contribution in [0.1, 0.15) is 42.4 Å². The van der Waals surface area contributed by atoms with E-state index in [0.717, 1.165) is 17.7 Å². The third-order valence-corrected chi connectivity index (χ3v) is 7.24. The molecule has 0 radical (unpaired) electrons. The van der Waals surface area contributed by atoms with Crippen molar-refractivity contribution in [3.05, 3.63) is 101 Å². The number of methoxy groups -OCH3 is 1. The molecule has 4 aromatic rings. The molecule has 1 atom stereocenters. The number of carbonyl (C=O) groups excluding carboxylic acids is 2. The molecule has 7 nitrogen and oxygen atoms in total. The summed E-state index contributed by atoms with van der Waals surface area (Å²) >= 11 is 0. The van der Waals surface area contributed by atoms with E-state index in [1.807, 2.05) is 6.07 Å². The van der Waals surface area contributed by atoms with Crippen LogP contribution in [0.4, 0.5) is 23.2 Å². The van der Waals surface area contributed by atoms with E-state index in [2.05, 4.69) is 15.5 Å². The number of anilines is 1. The van der Waals surface area contributed by atoms with E-state index in [1.165, 1.54) is 37.6 Å². The lowest BCUT2D eigenvalue weighted by molar-refractivity contribution is -0.137. The van der Waals surface area contributed by atoms with Crippen LogP contribution in [-0.2, 0) is 22.3 Å². The van der Waals surface area contributed by atoms with E-state index in [0.29, 0.717) is 33.5 Å². The first-order valence-corrected chi connectivity index (χ1v) is 12.8. The van der Waals surface area contributed by atoms with Crippen LogP contribution in [0.25, 0.3) is 10.9 Å². The highest BCUT2D eigenvalue weighted by Gasteiger charge is 2.35. The fourth-order valence-corrected chi connectivity index (χ4v) is 5.08. The highest BCUT2D eigenvalue weighted by atomic mass is 19.4. The second-order valence-electron chi connectivity index (χ2n) is 9.83.